The van der Waals surface area contributed by atoms with Gasteiger partial charge in [-0.15, -0.1) is 0 Å². The summed E-state index contributed by atoms with van der Waals surface area (Å²) >= 11 is 0. The first-order chi connectivity index (χ1) is 18.0. The first kappa shape index (κ1) is 24.1. The lowest BCUT2D eigenvalue weighted by molar-refractivity contribution is -0.138. The summed E-state index contributed by atoms with van der Waals surface area (Å²) in [4.78, 5) is 26.8. The summed E-state index contributed by atoms with van der Waals surface area (Å²) in [6.07, 6.45) is 0.0224. The van der Waals surface area contributed by atoms with Crippen LogP contribution in [0.4, 0.5) is 10.5 Å². The first-order valence-corrected chi connectivity index (χ1v) is 12.1. The number of nitrogens with zero attached hydrogens (tertiary/aromatic N) is 1. The van der Waals surface area contributed by atoms with Crippen LogP contribution in [0.15, 0.2) is 97.1 Å². The van der Waals surface area contributed by atoms with Crippen molar-refractivity contribution in [3.63, 3.8) is 0 Å². The highest BCUT2D eigenvalue weighted by Crippen LogP contribution is 2.42. The minimum atomic E-state index is -1.15. The van der Waals surface area contributed by atoms with Crippen molar-refractivity contribution in [2.45, 2.75) is 25.5 Å². The molecule has 0 saturated heterocycles. The fraction of sp³-hybridized carbons (Fsp3) is 0.161. The molecule has 1 amide bonds. The lowest BCUT2D eigenvalue weighted by Crippen LogP contribution is -2.47. The molecule has 4 aromatic rings. The van der Waals surface area contributed by atoms with Crippen LogP contribution in [-0.2, 0) is 29.0 Å². The van der Waals surface area contributed by atoms with Gasteiger partial charge in [-0.3, -0.25) is 4.90 Å². The van der Waals surface area contributed by atoms with Crippen molar-refractivity contribution >= 4 is 17.7 Å². The smallest absolute Gasteiger partial charge is 0.414 e. The van der Waals surface area contributed by atoms with E-state index >= 15 is 0 Å². The Labute approximate surface area is 215 Å². The number of hydrogen-bond acceptors (Lipinski definition) is 4. The second-order valence-electron chi connectivity index (χ2n) is 8.95. The van der Waals surface area contributed by atoms with E-state index in [0.29, 0.717) is 24.5 Å². The van der Waals surface area contributed by atoms with E-state index in [9.17, 15) is 14.7 Å². The largest absolute Gasteiger partial charge is 0.489 e. The Bertz CT molecular complexity index is 1420. The zero-order valence-corrected chi connectivity index (χ0v) is 20.5. The molecule has 37 heavy (non-hydrogen) atoms. The molecule has 0 heterocycles. The van der Waals surface area contributed by atoms with E-state index in [1.54, 1.807) is 6.07 Å². The maximum atomic E-state index is 13.0. The Balaban J connectivity index is 1.40. The van der Waals surface area contributed by atoms with Gasteiger partial charge in [0.05, 0.1) is 12.8 Å². The Morgan fingerprint density at radius 3 is 2.27 bits per heavy atom. The van der Waals surface area contributed by atoms with Gasteiger partial charge in [0.2, 0.25) is 0 Å². The molecule has 0 aromatic heterocycles. The lowest BCUT2D eigenvalue weighted by atomic mass is 10.0. The molecule has 0 fully saturated rings. The Morgan fingerprint density at radius 1 is 0.838 bits per heavy atom. The van der Waals surface area contributed by atoms with Crippen LogP contribution in [-0.4, -0.2) is 30.3 Å². The van der Waals surface area contributed by atoms with Gasteiger partial charge in [-0.05, 0) is 51.6 Å². The molecule has 1 aliphatic carbocycles. The zero-order chi connectivity index (χ0) is 25.8. The van der Waals surface area contributed by atoms with Gasteiger partial charge < -0.3 is 14.6 Å². The van der Waals surface area contributed by atoms with Crippen molar-refractivity contribution in [3.05, 3.63) is 119 Å². The molecule has 0 saturated carbocycles. The van der Waals surface area contributed by atoms with Gasteiger partial charge in [0.25, 0.3) is 0 Å². The molecule has 6 nitrogen and oxygen atoms in total. The number of ether oxygens (including phenoxy) is 2. The second kappa shape index (κ2) is 10.6. The number of hydrogen-bond donors (Lipinski definition) is 1. The molecule has 4 aromatic carbocycles. The summed E-state index contributed by atoms with van der Waals surface area (Å²) < 4.78 is 10.9. The SMILES string of the molecule is COC(=O)N(c1cccc2c1Cc1ccccc1-2)[C@@H](Cc1ccc(OCc2ccccc2)cc1)C(=O)O. The van der Waals surface area contributed by atoms with E-state index in [4.69, 9.17) is 9.47 Å². The molecule has 1 N–H and O–H groups in total. The molecule has 0 radical (unpaired) electrons. The summed E-state index contributed by atoms with van der Waals surface area (Å²) in [6, 6.07) is 29.7. The first-order valence-electron chi connectivity index (χ1n) is 12.1. The third-order valence-electron chi connectivity index (χ3n) is 6.65. The molecule has 186 valence electrons. The monoisotopic (exact) mass is 493 g/mol. The molecule has 1 atom stereocenters. The summed E-state index contributed by atoms with van der Waals surface area (Å²) in [6.45, 7) is 0.440. The van der Waals surface area contributed by atoms with Crippen LogP contribution < -0.4 is 9.64 Å². The quantitative estimate of drug-likeness (QED) is 0.282. The standard InChI is InChI=1S/C31H27NO5/c1-36-31(35)32(28-13-7-12-26-25-11-6-5-10-23(25)19-27(26)28)29(30(33)34)18-21-14-16-24(17-15-21)37-20-22-8-3-2-4-9-22/h2-17,29H,18-20H2,1H3,(H,33,34)/t29-/m0/s1. The Hall–Kier alpha value is -4.58. The van der Waals surface area contributed by atoms with Crippen LogP contribution in [0.2, 0.25) is 0 Å². The van der Waals surface area contributed by atoms with Crippen molar-refractivity contribution in [2.24, 2.45) is 0 Å². The molecule has 6 heteroatoms. The van der Waals surface area contributed by atoms with Crippen molar-refractivity contribution in [3.8, 4) is 16.9 Å². The van der Waals surface area contributed by atoms with Crippen molar-refractivity contribution < 1.29 is 24.2 Å². The maximum Gasteiger partial charge on any atom is 0.414 e. The van der Waals surface area contributed by atoms with Gasteiger partial charge in [0.1, 0.15) is 18.4 Å². The topological polar surface area (TPSA) is 76.1 Å². The number of benzene rings is 4. The average molecular weight is 494 g/mol. The van der Waals surface area contributed by atoms with Gasteiger partial charge in [0.15, 0.2) is 0 Å². The van der Waals surface area contributed by atoms with Gasteiger partial charge >= 0.3 is 12.1 Å². The summed E-state index contributed by atoms with van der Waals surface area (Å²) in [5.74, 6) is -0.425. The number of fused-ring (bicyclic) bond motifs is 3. The van der Waals surface area contributed by atoms with Gasteiger partial charge in [0, 0.05) is 12.8 Å². The van der Waals surface area contributed by atoms with Crippen LogP contribution in [0, 0.1) is 0 Å². The van der Waals surface area contributed by atoms with Crippen LogP contribution in [0.3, 0.4) is 0 Å². The molecule has 0 unspecified atom stereocenters. The normalized spacial score (nSPS) is 12.2. The number of carbonyl (C=O) groups excluding carboxylic acids is 1. The van der Waals surface area contributed by atoms with Crippen LogP contribution in [0.5, 0.6) is 5.75 Å². The van der Waals surface area contributed by atoms with E-state index in [1.165, 1.54) is 12.0 Å². The molecule has 0 spiro atoms. The summed E-state index contributed by atoms with van der Waals surface area (Å²) in [5.41, 5.74) is 6.55. The van der Waals surface area contributed by atoms with E-state index < -0.39 is 18.1 Å². The highest BCUT2D eigenvalue weighted by molar-refractivity contribution is 5.98. The third kappa shape index (κ3) is 5.05. The minimum Gasteiger partial charge on any atom is -0.489 e. The van der Waals surface area contributed by atoms with Crippen molar-refractivity contribution in [1.82, 2.24) is 0 Å². The van der Waals surface area contributed by atoms with Crippen molar-refractivity contribution in [2.75, 3.05) is 12.0 Å². The number of aliphatic carboxylic acids is 1. The van der Waals surface area contributed by atoms with Crippen LogP contribution >= 0.6 is 0 Å². The highest BCUT2D eigenvalue weighted by Gasteiger charge is 2.35. The van der Waals surface area contributed by atoms with Gasteiger partial charge in [-0.25, -0.2) is 9.59 Å². The molecule has 1 aliphatic rings. The van der Waals surface area contributed by atoms with Crippen LogP contribution in [0.1, 0.15) is 22.3 Å². The van der Waals surface area contributed by atoms with Crippen LogP contribution in [0.25, 0.3) is 11.1 Å². The Kier molecular flexibility index (Phi) is 6.90. The molecular formula is C31H27NO5. The maximum absolute atomic E-state index is 13.0. The predicted molar refractivity (Wildman–Crippen MR) is 142 cm³/mol. The minimum absolute atomic E-state index is 0.111. The predicted octanol–water partition coefficient (Wildman–Crippen LogP) is 6.11. The highest BCUT2D eigenvalue weighted by atomic mass is 16.5. The van der Waals surface area contributed by atoms with E-state index in [1.807, 2.05) is 84.9 Å². The molecule has 0 bridgehead atoms. The summed E-state index contributed by atoms with van der Waals surface area (Å²) in [5, 5.41) is 10.2. The number of anilines is 1. The molecule has 5 rings (SSSR count). The number of carboxylic acid groups (broad SMARTS) is 1. The van der Waals surface area contributed by atoms with E-state index in [0.717, 1.165) is 33.4 Å². The molecular weight excluding hydrogens is 466 g/mol. The number of amides is 1. The number of methoxy groups -OCH3 is 1. The zero-order valence-electron chi connectivity index (χ0n) is 20.5. The van der Waals surface area contributed by atoms with Gasteiger partial charge in [-0.1, -0.05) is 78.9 Å². The number of carbonyl (C=O) groups is 2. The third-order valence-corrected chi connectivity index (χ3v) is 6.65. The van der Waals surface area contributed by atoms with E-state index in [-0.39, 0.29) is 6.42 Å². The summed E-state index contributed by atoms with van der Waals surface area (Å²) in [7, 11) is 1.27. The average Bonchev–Trinajstić information content (AvgIpc) is 3.32. The van der Waals surface area contributed by atoms with Crippen molar-refractivity contribution in [1.29, 1.82) is 0 Å². The van der Waals surface area contributed by atoms with E-state index in [2.05, 4.69) is 6.07 Å². The number of carboxylic acids is 1. The number of rotatable bonds is 8. The second-order valence-corrected chi connectivity index (χ2v) is 8.95. The lowest BCUT2D eigenvalue weighted by Gasteiger charge is -2.29. The fourth-order valence-electron chi connectivity index (χ4n) is 4.83. The molecule has 0 aliphatic heterocycles. The Morgan fingerprint density at radius 2 is 1.54 bits per heavy atom. The van der Waals surface area contributed by atoms with Gasteiger partial charge in [-0.2, -0.15) is 0 Å². The fourth-order valence-corrected chi connectivity index (χ4v) is 4.83.